The normalized spacial score (nSPS) is 13.6. The number of anilines is 1. The molecule has 2 N–H and O–H groups in total. The van der Waals surface area contributed by atoms with Gasteiger partial charge in [0.1, 0.15) is 5.75 Å². The summed E-state index contributed by atoms with van der Waals surface area (Å²) in [7, 11) is -0.758. The molecule has 1 aliphatic rings. The Hall–Kier alpha value is -1.49. The molecular weight excluding hydrogens is 205 g/mol. The van der Waals surface area contributed by atoms with Crippen molar-refractivity contribution in [3.8, 4) is 5.75 Å². The molecule has 0 spiro atoms. The van der Waals surface area contributed by atoms with Crippen LogP contribution in [0.5, 0.6) is 5.75 Å². The molecule has 0 fully saturated rings. The van der Waals surface area contributed by atoms with E-state index in [9.17, 15) is 9.82 Å². The molecule has 5 heteroatoms. The maximum atomic E-state index is 11.5. The number of hydrogen-bond acceptors (Lipinski definition) is 3. The van der Waals surface area contributed by atoms with Crippen LogP contribution in [0.25, 0.3) is 0 Å². The Balaban J connectivity index is 2.14. The third-order valence-corrected chi connectivity index (χ3v) is 2.51. The van der Waals surface area contributed by atoms with E-state index in [1.807, 2.05) is 19.9 Å². The third kappa shape index (κ3) is 2.19. The van der Waals surface area contributed by atoms with Crippen LogP contribution in [0.15, 0.2) is 18.2 Å². The van der Waals surface area contributed by atoms with Gasteiger partial charge in [0.2, 0.25) is 5.91 Å². The summed E-state index contributed by atoms with van der Waals surface area (Å²) >= 11 is 0. The van der Waals surface area contributed by atoms with Crippen LogP contribution < -0.4 is 9.97 Å². The predicted molar refractivity (Wildman–Crippen MR) is 62.2 cm³/mol. The fourth-order valence-electron chi connectivity index (χ4n) is 1.59. The van der Waals surface area contributed by atoms with Crippen LogP contribution in [0.2, 0.25) is 0 Å². The average molecular weight is 219 g/mol. The fraction of sp³-hybridized carbons (Fsp3) is 0.364. The standard InChI is InChI=1S/C11H14BNO3/c1-7(2)11(14)13-9-3-4-10-8(5-9)6-12(15)16-10/h3-5,7,15H,6H2,1-2H3,(H,13,14). The third-order valence-electron chi connectivity index (χ3n) is 2.51. The summed E-state index contributed by atoms with van der Waals surface area (Å²) in [5, 5.41) is 12.1. The van der Waals surface area contributed by atoms with Gasteiger partial charge >= 0.3 is 7.12 Å². The van der Waals surface area contributed by atoms with Crippen molar-refractivity contribution in [2.75, 3.05) is 5.32 Å². The smallest absolute Gasteiger partial charge is 0.527 e. The van der Waals surface area contributed by atoms with E-state index < -0.39 is 7.12 Å². The van der Waals surface area contributed by atoms with Crippen molar-refractivity contribution in [3.63, 3.8) is 0 Å². The highest BCUT2D eigenvalue weighted by atomic mass is 16.5. The summed E-state index contributed by atoms with van der Waals surface area (Å²) in [6, 6.07) is 5.38. The average Bonchev–Trinajstić information content (AvgIpc) is 2.57. The van der Waals surface area contributed by atoms with Crippen molar-refractivity contribution in [2.45, 2.75) is 20.2 Å². The van der Waals surface area contributed by atoms with Gasteiger partial charge in [-0.2, -0.15) is 0 Å². The first kappa shape index (κ1) is 11.0. The molecular formula is C11H14BNO3. The maximum absolute atomic E-state index is 11.5. The molecule has 1 amide bonds. The minimum absolute atomic E-state index is 0.0144. The largest absolute Gasteiger partial charge is 0.536 e. The highest BCUT2D eigenvalue weighted by Gasteiger charge is 2.26. The van der Waals surface area contributed by atoms with Crippen LogP contribution in [-0.4, -0.2) is 18.0 Å². The number of hydrogen-bond donors (Lipinski definition) is 2. The van der Waals surface area contributed by atoms with Gasteiger partial charge in [-0.3, -0.25) is 4.79 Å². The van der Waals surface area contributed by atoms with Crippen LogP contribution in [0.3, 0.4) is 0 Å². The number of carbonyl (C=O) groups excluding carboxylic acids is 1. The zero-order valence-corrected chi connectivity index (χ0v) is 9.36. The van der Waals surface area contributed by atoms with Gasteiger partial charge < -0.3 is 15.0 Å². The first-order valence-corrected chi connectivity index (χ1v) is 5.35. The van der Waals surface area contributed by atoms with Gasteiger partial charge in [-0.05, 0) is 23.8 Å². The van der Waals surface area contributed by atoms with E-state index in [0.29, 0.717) is 12.1 Å². The molecule has 1 heterocycles. The Bertz CT molecular complexity index is 420. The molecule has 0 aromatic heterocycles. The molecule has 1 aliphatic heterocycles. The molecule has 0 aliphatic carbocycles. The van der Waals surface area contributed by atoms with Crippen molar-refractivity contribution in [3.05, 3.63) is 23.8 Å². The maximum Gasteiger partial charge on any atom is 0.527 e. The minimum atomic E-state index is -0.758. The molecule has 0 saturated carbocycles. The fourth-order valence-corrected chi connectivity index (χ4v) is 1.59. The molecule has 1 aromatic rings. The Morgan fingerprint density at radius 3 is 3.00 bits per heavy atom. The zero-order valence-electron chi connectivity index (χ0n) is 9.36. The second-order valence-electron chi connectivity index (χ2n) is 4.24. The highest BCUT2D eigenvalue weighted by molar-refractivity contribution is 6.44. The quantitative estimate of drug-likeness (QED) is 0.735. The molecule has 16 heavy (non-hydrogen) atoms. The van der Waals surface area contributed by atoms with Gasteiger partial charge in [-0.15, -0.1) is 0 Å². The van der Waals surface area contributed by atoms with Crippen LogP contribution in [0, 0.1) is 5.92 Å². The minimum Gasteiger partial charge on any atom is -0.536 e. The van der Waals surface area contributed by atoms with Crippen LogP contribution in [0.1, 0.15) is 19.4 Å². The van der Waals surface area contributed by atoms with E-state index in [1.165, 1.54) is 0 Å². The zero-order chi connectivity index (χ0) is 11.7. The summed E-state index contributed by atoms with van der Waals surface area (Å²) in [5.41, 5.74) is 1.67. The monoisotopic (exact) mass is 219 g/mol. The van der Waals surface area contributed by atoms with Crippen molar-refractivity contribution in [2.24, 2.45) is 5.92 Å². The van der Waals surface area contributed by atoms with E-state index in [2.05, 4.69) is 5.32 Å². The van der Waals surface area contributed by atoms with Gasteiger partial charge in [0, 0.05) is 17.9 Å². The number of fused-ring (bicyclic) bond motifs is 1. The lowest BCUT2D eigenvalue weighted by molar-refractivity contribution is -0.118. The number of benzene rings is 1. The van der Waals surface area contributed by atoms with Gasteiger partial charge in [0.25, 0.3) is 0 Å². The molecule has 1 aromatic carbocycles. The number of amides is 1. The van der Waals surface area contributed by atoms with Gasteiger partial charge in [0.15, 0.2) is 0 Å². The topological polar surface area (TPSA) is 58.6 Å². The molecule has 0 unspecified atom stereocenters. The second-order valence-corrected chi connectivity index (χ2v) is 4.24. The Kier molecular flexibility index (Phi) is 2.87. The highest BCUT2D eigenvalue weighted by Crippen LogP contribution is 2.29. The van der Waals surface area contributed by atoms with Crippen molar-refractivity contribution in [1.29, 1.82) is 0 Å². The van der Waals surface area contributed by atoms with Crippen molar-refractivity contribution in [1.82, 2.24) is 0 Å². The van der Waals surface area contributed by atoms with Crippen LogP contribution in [-0.2, 0) is 11.1 Å². The van der Waals surface area contributed by atoms with E-state index in [4.69, 9.17) is 4.65 Å². The summed E-state index contributed by atoms with van der Waals surface area (Å²) in [6.45, 7) is 3.69. The molecule has 0 bridgehead atoms. The van der Waals surface area contributed by atoms with Gasteiger partial charge in [0.05, 0.1) is 0 Å². The number of rotatable bonds is 2. The summed E-state index contributed by atoms with van der Waals surface area (Å²) in [4.78, 5) is 11.5. The molecule has 0 atom stereocenters. The second kappa shape index (κ2) is 4.18. The predicted octanol–water partition coefficient (Wildman–Crippen LogP) is 1.24. The first-order chi connectivity index (χ1) is 7.56. The first-order valence-electron chi connectivity index (χ1n) is 5.35. The van der Waals surface area contributed by atoms with E-state index in [-0.39, 0.29) is 11.8 Å². The summed E-state index contributed by atoms with van der Waals surface area (Å²) < 4.78 is 5.16. The molecule has 0 saturated heterocycles. The molecule has 4 nitrogen and oxygen atoms in total. The van der Waals surface area contributed by atoms with E-state index in [0.717, 1.165) is 11.3 Å². The molecule has 2 rings (SSSR count). The molecule has 0 radical (unpaired) electrons. The van der Waals surface area contributed by atoms with E-state index >= 15 is 0 Å². The van der Waals surface area contributed by atoms with Crippen LogP contribution in [0.4, 0.5) is 5.69 Å². The summed E-state index contributed by atoms with van der Waals surface area (Å²) in [5.74, 6) is 0.629. The van der Waals surface area contributed by atoms with Gasteiger partial charge in [-0.25, -0.2) is 0 Å². The number of nitrogens with one attached hydrogen (secondary N) is 1. The lowest BCUT2D eigenvalue weighted by atomic mass is 9.85. The van der Waals surface area contributed by atoms with Crippen molar-refractivity contribution < 1.29 is 14.5 Å². The Morgan fingerprint density at radius 1 is 1.56 bits per heavy atom. The number of carbonyl (C=O) groups is 1. The summed E-state index contributed by atoms with van der Waals surface area (Å²) in [6.07, 6.45) is 0.473. The lowest BCUT2D eigenvalue weighted by Crippen LogP contribution is -2.18. The Morgan fingerprint density at radius 2 is 2.31 bits per heavy atom. The van der Waals surface area contributed by atoms with Gasteiger partial charge in [-0.1, -0.05) is 13.8 Å². The lowest BCUT2D eigenvalue weighted by Gasteiger charge is -2.08. The van der Waals surface area contributed by atoms with Crippen LogP contribution >= 0.6 is 0 Å². The Labute approximate surface area is 94.8 Å². The SMILES string of the molecule is CC(C)C(=O)Nc1ccc2c(c1)CB(O)O2. The molecule has 84 valence electrons. The van der Waals surface area contributed by atoms with Crippen molar-refractivity contribution >= 4 is 18.7 Å². The van der Waals surface area contributed by atoms with E-state index in [1.54, 1.807) is 12.1 Å².